The van der Waals surface area contributed by atoms with Crippen molar-refractivity contribution >= 4 is 55.9 Å². The zero-order chi connectivity index (χ0) is 35.6. The minimum atomic E-state index is 0.667. The van der Waals surface area contributed by atoms with Crippen LogP contribution in [0.25, 0.3) is 38.6 Å². The predicted octanol–water partition coefficient (Wildman–Crippen LogP) is 13.3. The Labute approximate surface area is 309 Å². The molecule has 0 saturated heterocycles. The van der Waals surface area contributed by atoms with E-state index in [0.717, 1.165) is 72.7 Å². The van der Waals surface area contributed by atoms with E-state index in [1.165, 1.54) is 0 Å². The minimum absolute atomic E-state index is 0.667. The second-order valence-electron chi connectivity index (χ2n) is 13.0. The Kier molecular flexibility index (Phi) is 8.20. The molecule has 53 heavy (non-hydrogen) atoms. The lowest BCUT2D eigenvalue weighted by Gasteiger charge is -2.26. The SMILES string of the molecule is N#Cc1ccccc1-c1ccc(-n2c3ccc(N(c4ccccc4)c4ccccc4)cc3c3cc(N(c4ccccc4)c4ccccc4)ccc32)cc1. The maximum absolute atomic E-state index is 9.77. The first-order valence-corrected chi connectivity index (χ1v) is 17.8. The number of hydrogen-bond acceptors (Lipinski definition) is 3. The zero-order valence-corrected chi connectivity index (χ0v) is 28.9. The van der Waals surface area contributed by atoms with Crippen molar-refractivity contribution in [3.8, 4) is 22.9 Å². The Morgan fingerprint density at radius 2 is 0.774 bits per heavy atom. The van der Waals surface area contributed by atoms with Crippen LogP contribution >= 0.6 is 0 Å². The van der Waals surface area contributed by atoms with E-state index in [4.69, 9.17) is 0 Å². The molecule has 0 aliphatic carbocycles. The fraction of sp³-hybridized carbons (Fsp3) is 0. The average Bonchev–Trinajstić information content (AvgIpc) is 3.56. The molecule has 1 heterocycles. The molecule has 4 heteroatoms. The fourth-order valence-electron chi connectivity index (χ4n) is 7.38. The summed E-state index contributed by atoms with van der Waals surface area (Å²) in [5.74, 6) is 0. The molecular weight excluding hydrogens is 645 g/mol. The number of fused-ring (bicyclic) bond motifs is 3. The van der Waals surface area contributed by atoms with Gasteiger partial charge in [0.1, 0.15) is 0 Å². The molecule has 9 rings (SSSR count). The van der Waals surface area contributed by atoms with E-state index >= 15 is 0 Å². The topological polar surface area (TPSA) is 35.2 Å². The predicted molar refractivity (Wildman–Crippen MR) is 220 cm³/mol. The Bertz CT molecular complexity index is 2490. The summed E-state index contributed by atoms with van der Waals surface area (Å²) in [7, 11) is 0. The second-order valence-corrected chi connectivity index (χ2v) is 13.0. The maximum Gasteiger partial charge on any atom is 0.0998 e. The van der Waals surface area contributed by atoms with Crippen LogP contribution in [-0.4, -0.2) is 4.57 Å². The molecule has 9 aromatic rings. The van der Waals surface area contributed by atoms with Crippen LogP contribution in [0.4, 0.5) is 34.1 Å². The highest BCUT2D eigenvalue weighted by molar-refractivity contribution is 6.12. The molecule has 0 atom stereocenters. The van der Waals surface area contributed by atoms with Crippen molar-refractivity contribution in [2.24, 2.45) is 0 Å². The van der Waals surface area contributed by atoms with Gasteiger partial charge in [-0.2, -0.15) is 5.26 Å². The van der Waals surface area contributed by atoms with E-state index in [1.807, 2.05) is 24.3 Å². The first kappa shape index (κ1) is 31.6. The van der Waals surface area contributed by atoms with E-state index in [0.29, 0.717) is 5.56 Å². The fourth-order valence-corrected chi connectivity index (χ4v) is 7.38. The van der Waals surface area contributed by atoms with Gasteiger partial charge in [-0.1, -0.05) is 103 Å². The van der Waals surface area contributed by atoms with Crippen LogP contribution < -0.4 is 9.80 Å². The Hall–Kier alpha value is -7.35. The number of hydrogen-bond donors (Lipinski definition) is 0. The Morgan fingerprint density at radius 1 is 0.377 bits per heavy atom. The third-order valence-corrected chi connectivity index (χ3v) is 9.79. The molecule has 0 unspecified atom stereocenters. The molecule has 0 radical (unpaired) electrons. The molecule has 0 fully saturated rings. The van der Waals surface area contributed by atoms with Gasteiger partial charge in [-0.3, -0.25) is 0 Å². The largest absolute Gasteiger partial charge is 0.310 e. The lowest BCUT2D eigenvalue weighted by atomic mass is 10.0. The highest BCUT2D eigenvalue weighted by Gasteiger charge is 2.20. The highest BCUT2D eigenvalue weighted by atomic mass is 15.1. The molecule has 1 aromatic heterocycles. The van der Waals surface area contributed by atoms with Gasteiger partial charge >= 0.3 is 0 Å². The number of para-hydroxylation sites is 4. The van der Waals surface area contributed by atoms with Crippen molar-refractivity contribution in [1.29, 1.82) is 5.26 Å². The number of aromatic nitrogens is 1. The molecule has 0 bridgehead atoms. The van der Waals surface area contributed by atoms with E-state index < -0.39 is 0 Å². The third kappa shape index (κ3) is 5.87. The van der Waals surface area contributed by atoms with Gasteiger partial charge in [-0.25, -0.2) is 0 Å². The van der Waals surface area contributed by atoms with Crippen LogP contribution in [0, 0.1) is 11.3 Å². The summed E-state index contributed by atoms with van der Waals surface area (Å²) in [6.45, 7) is 0. The van der Waals surface area contributed by atoms with Crippen LogP contribution in [-0.2, 0) is 0 Å². The van der Waals surface area contributed by atoms with Crippen LogP contribution in [0.1, 0.15) is 5.56 Å². The summed E-state index contributed by atoms with van der Waals surface area (Å²) < 4.78 is 2.35. The molecule has 8 aromatic carbocycles. The molecule has 0 spiro atoms. The lowest BCUT2D eigenvalue weighted by Crippen LogP contribution is -2.09. The van der Waals surface area contributed by atoms with Crippen molar-refractivity contribution in [2.45, 2.75) is 0 Å². The summed E-state index contributed by atoms with van der Waals surface area (Å²) in [6, 6.07) is 74.4. The van der Waals surface area contributed by atoms with Gasteiger partial charge in [0.05, 0.1) is 22.7 Å². The standard InChI is InChI=1S/C49H34N4/c50-35-37-15-13-14-24-45(37)36-25-27-42(28-26-36)53-48-31-29-43(51(38-16-5-1-6-17-38)39-18-7-2-8-19-39)33-46(48)47-34-44(30-32-49(47)53)52(40-20-9-3-10-21-40)41-22-11-4-12-23-41/h1-34H. The summed E-state index contributed by atoms with van der Waals surface area (Å²) >= 11 is 0. The zero-order valence-electron chi connectivity index (χ0n) is 28.9. The second kappa shape index (κ2) is 13.8. The van der Waals surface area contributed by atoms with Crippen molar-refractivity contribution in [1.82, 2.24) is 4.57 Å². The average molecular weight is 679 g/mol. The van der Waals surface area contributed by atoms with Gasteiger partial charge in [0.2, 0.25) is 0 Å². The normalized spacial score (nSPS) is 11.0. The van der Waals surface area contributed by atoms with Gasteiger partial charge in [-0.05, 0) is 114 Å². The molecule has 250 valence electrons. The monoisotopic (exact) mass is 678 g/mol. The summed E-state index contributed by atoms with van der Waals surface area (Å²) in [4.78, 5) is 4.63. The van der Waals surface area contributed by atoms with Crippen molar-refractivity contribution in [2.75, 3.05) is 9.80 Å². The summed E-state index contributed by atoms with van der Waals surface area (Å²) in [5, 5.41) is 12.1. The number of nitrogens with zero attached hydrogens (tertiary/aromatic N) is 4. The Balaban J connectivity index is 1.27. The van der Waals surface area contributed by atoms with E-state index in [-0.39, 0.29) is 0 Å². The molecule has 0 aliphatic rings. The lowest BCUT2D eigenvalue weighted by molar-refractivity contribution is 1.18. The maximum atomic E-state index is 9.77. The van der Waals surface area contributed by atoms with E-state index in [2.05, 4.69) is 202 Å². The van der Waals surface area contributed by atoms with Gasteiger partial charge in [0.25, 0.3) is 0 Å². The van der Waals surface area contributed by atoms with E-state index in [1.54, 1.807) is 0 Å². The molecular formula is C49H34N4. The van der Waals surface area contributed by atoms with Crippen LogP contribution in [0.3, 0.4) is 0 Å². The molecule has 0 aliphatic heterocycles. The van der Waals surface area contributed by atoms with Crippen molar-refractivity contribution in [3.63, 3.8) is 0 Å². The van der Waals surface area contributed by atoms with Crippen LogP contribution in [0.2, 0.25) is 0 Å². The summed E-state index contributed by atoms with van der Waals surface area (Å²) in [5.41, 5.74) is 12.4. The molecule has 0 N–H and O–H groups in total. The quantitative estimate of drug-likeness (QED) is 0.160. The highest BCUT2D eigenvalue weighted by Crippen LogP contribution is 2.42. The first-order valence-electron chi connectivity index (χ1n) is 17.8. The van der Waals surface area contributed by atoms with Gasteiger partial charge in [-0.15, -0.1) is 0 Å². The molecule has 0 amide bonds. The smallest absolute Gasteiger partial charge is 0.0998 e. The minimum Gasteiger partial charge on any atom is -0.310 e. The first-order chi connectivity index (χ1) is 26.3. The third-order valence-electron chi connectivity index (χ3n) is 9.79. The van der Waals surface area contributed by atoms with Crippen LogP contribution in [0.15, 0.2) is 206 Å². The number of rotatable bonds is 8. The number of benzene rings is 8. The van der Waals surface area contributed by atoms with Crippen molar-refractivity contribution < 1.29 is 0 Å². The van der Waals surface area contributed by atoms with Gasteiger partial charge in [0, 0.05) is 50.6 Å². The number of anilines is 6. The van der Waals surface area contributed by atoms with E-state index in [9.17, 15) is 5.26 Å². The van der Waals surface area contributed by atoms with Crippen molar-refractivity contribution in [3.05, 3.63) is 212 Å². The Morgan fingerprint density at radius 3 is 1.19 bits per heavy atom. The summed E-state index contributed by atoms with van der Waals surface area (Å²) in [6.07, 6.45) is 0. The molecule has 0 saturated carbocycles. The molecule has 4 nitrogen and oxygen atoms in total. The van der Waals surface area contributed by atoms with Gasteiger partial charge in [0.15, 0.2) is 0 Å². The van der Waals surface area contributed by atoms with Crippen LogP contribution in [0.5, 0.6) is 0 Å². The van der Waals surface area contributed by atoms with Gasteiger partial charge < -0.3 is 14.4 Å². The number of nitriles is 1.